The molecule has 0 amide bonds. The Hall–Kier alpha value is -7.02. The van der Waals surface area contributed by atoms with Crippen LogP contribution >= 0.6 is 0 Å². The highest BCUT2D eigenvalue weighted by molar-refractivity contribution is 5.90. The molecule has 2 aliphatic rings. The van der Waals surface area contributed by atoms with Gasteiger partial charge in [0.2, 0.25) is 0 Å². The lowest BCUT2D eigenvalue weighted by atomic mass is 9.84. The molecule has 0 saturated carbocycles. The van der Waals surface area contributed by atoms with Crippen molar-refractivity contribution in [1.29, 1.82) is 0 Å². The smallest absolute Gasteiger partial charge is 0.0352 e. The molecule has 0 radical (unpaired) electrons. The molecule has 262 valence electrons. The van der Waals surface area contributed by atoms with Crippen molar-refractivity contribution in [3.05, 3.63) is 252 Å². The second-order valence-corrected chi connectivity index (χ2v) is 15.2. The molecule has 0 heterocycles. The van der Waals surface area contributed by atoms with Crippen LogP contribution in [0.4, 0.5) is 0 Å². The van der Waals surface area contributed by atoms with Crippen LogP contribution in [0.3, 0.4) is 0 Å². The minimum atomic E-state index is 0.130. The fraction of sp³-hybridized carbons (Fsp3) is 0.0357. The summed E-state index contributed by atoms with van der Waals surface area (Å²) >= 11 is 0. The lowest BCUT2D eigenvalue weighted by Gasteiger charge is -2.19. The first kappa shape index (κ1) is 32.4. The third kappa shape index (κ3) is 5.45. The van der Waals surface area contributed by atoms with E-state index in [-0.39, 0.29) is 11.8 Å². The van der Waals surface area contributed by atoms with E-state index in [0.29, 0.717) is 0 Å². The van der Waals surface area contributed by atoms with Crippen molar-refractivity contribution in [3.8, 4) is 66.8 Å². The van der Waals surface area contributed by atoms with Gasteiger partial charge < -0.3 is 0 Å². The van der Waals surface area contributed by atoms with Crippen LogP contribution < -0.4 is 0 Å². The standard InChI is InChI=1S/C56H38/c1-4-16-37(17-5-1)40-22-14-23-41(30-40)45-32-44(38-18-6-2-7-19-38)33-46(34-45)42-24-15-25-43(31-42)56-50-29-13-11-27-48(50)52-35-51-47-26-10-12-28-49(47)55(53(51)36-54(52)56)39-20-8-3-9-21-39/h1-36,55-56H. The normalized spacial score (nSPS) is 14.8. The van der Waals surface area contributed by atoms with Gasteiger partial charge in [-0.2, -0.15) is 0 Å². The van der Waals surface area contributed by atoms with E-state index in [0.717, 1.165) is 0 Å². The van der Waals surface area contributed by atoms with Gasteiger partial charge in [0, 0.05) is 11.8 Å². The number of fused-ring (bicyclic) bond motifs is 6. The van der Waals surface area contributed by atoms with Gasteiger partial charge in [0.25, 0.3) is 0 Å². The Morgan fingerprint density at radius 2 is 0.571 bits per heavy atom. The molecule has 0 aromatic heterocycles. The maximum atomic E-state index is 2.55. The molecule has 0 aliphatic heterocycles. The maximum Gasteiger partial charge on any atom is 0.0352 e. The van der Waals surface area contributed by atoms with Gasteiger partial charge in [0.1, 0.15) is 0 Å². The lowest BCUT2D eigenvalue weighted by Crippen LogP contribution is -2.03. The molecule has 0 heteroatoms. The van der Waals surface area contributed by atoms with Crippen molar-refractivity contribution in [1.82, 2.24) is 0 Å². The van der Waals surface area contributed by atoms with Crippen LogP contribution in [-0.4, -0.2) is 0 Å². The SMILES string of the molecule is c1ccc(-c2cccc(-c3cc(-c4ccccc4)cc(-c4cccc(C5c6ccccc6-c6cc7c(cc65)C(c5ccccc5)c5ccccc5-7)c4)c3)c2)cc1. The van der Waals surface area contributed by atoms with Crippen molar-refractivity contribution in [2.24, 2.45) is 0 Å². The molecule has 2 unspecified atom stereocenters. The minimum absolute atomic E-state index is 0.130. The molecule has 0 bridgehead atoms. The third-order valence-electron chi connectivity index (χ3n) is 12.0. The van der Waals surface area contributed by atoms with Gasteiger partial charge in [0.15, 0.2) is 0 Å². The Morgan fingerprint density at radius 1 is 0.196 bits per heavy atom. The Kier molecular flexibility index (Phi) is 7.74. The van der Waals surface area contributed by atoms with E-state index in [9.17, 15) is 0 Å². The van der Waals surface area contributed by atoms with E-state index in [1.165, 1.54) is 100 Å². The van der Waals surface area contributed by atoms with Gasteiger partial charge in [-0.3, -0.25) is 0 Å². The fourth-order valence-corrected chi connectivity index (χ4v) is 9.43. The van der Waals surface area contributed by atoms with Crippen molar-refractivity contribution >= 4 is 0 Å². The third-order valence-corrected chi connectivity index (χ3v) is 12.0. The molecule has 2 atom stereocenters. The number of rotatable bonds is 6. The largest absolute Gasteiger partial charge is 0.0622 e. The maximum absolute atomic E-state index is 2.55. The summed E-state index contributed by atoms with van der Waals surface area (Å²) in [6, 6.07) is 80.9. The lowest BCUT2D eigenvalue weighted by molar-refractivity contribution is 0.982. The van der Waals surface area contributed by atoms with E-state index >= 15 is 0 Å². The first-order chi connectivity index (χ1) is 27.8. The zero-order valence-corrected chi connectivity index (χ0v) is 30.9. The summed E-state index contributed by atoms with van der Waals surface area (Å²) in [4.78, 5) is 0. The van der Waals surface area contributed by atoms with Crippen LogP contribution in [0.15, 0.2) is 218 Å². The zero-order valence-electron chi connectivity index (χ0n) is 30.9. The molecule has 0 nitrogen and oxygen atoms in total. The van der Waals surface area contributed by atoms with Crippen LogP contribution in [0.25, 0.3) is 66.8 Å². The average molecular weight is 711 g/mol. The summed E-state index contributed by atoms with van der Waals surface area (Å²) in [5.74, 6) is 0.342. The van der Waals surface area contributed by atoms with Gasteiger partial charge in [-0.1, -0.05) is 188 Å². The van der Waals surface area contributed by atoms with Crippen LogP contribution in [0, 0.1) is 0 Å². The first-order valence-electron chi connectivity index (χ1n) is 19.6. The summed E-state index contributed by atoms with van der Waals surface area (Å²) in [5, 5.41) is 0. The summed E-state index contributed by atoms with van der Waals surface area (Å²) in [6.45, 7) is 0. The van der Waals surface area contributed by atoms with Gasteiger partial charge >= 0.3 is 0 Å². The Morgan fingerprint density at radius 3 is 1.16 bits per heavy atom. The zero-order chi connectivity index (χ0) is 37.0. The predicted molar refractivity (Wildman–Crippen MR) is 234 cm³/mol. The molecule has 56 heavy (non-hydrogen) atoms. The quantitative estimate of drug-likeness (QED) is 0.161. The highest BCUT2D eigenvalue weighted by Gasteiger charge is 2.36. The number of hydrogen-bond donors (Lipinski definition) is 0. The van der Waals surface area contributed by atoms with Crippen molar-refractivity contribution in [2.45, 2.75) is 11.8 Å². The molecule has 11 rings (SSSR count). The van der Waals surface area contributed by atoms with Gasteiger partial charge in [-0.25, -0.2) is 0 Å². The van der Waals surface area contributed by atoms with Gasteiger partial charge in [-0.15, -0.1) is 0 Å². The summed E-state index contributed by atoms with van der Waals surface area (Å²) < 4.78 is 0. The highest BCUT2D eigenvalue weighted by Crippen LogP contribution is 2.55. The summed E-state index contributed by atoms with van der Waals surface area (Å²) in [7, 11) is 0. The highest BCUT2D eigenvalue weighted by atomic mass is 14.4. The number of benzene rings is 9. The molecule has 2 aliphatic carbocycles. The van der Waals surface area contributed by atoms with Crippen LogP contribution in [-0.2, 0) is 0 Å². The Labute approximate surface area is 329 Å². The minimum Gasteiger partial charge on any atom is -0.0622 e. The van der Waals surface area contributed by atoms with E-state index < -0.39 is 0 Å². The molecule has 9 aromatic rings. The Balaban J connectivity index is 1.06. The molecule has 0 fully saturated rings. The molecule has 0 spiro atoms. The van der Waals surface area contributed by atoms with E-state index in [2.05, 4.69) is 218 Å². The van der Waals surface area contributed by atoms with Gasteiger partial charge in [0.05, 0.1) is 0 Å². The van der Waals surface area contributed by atoms with Crippen molar-refractivity contribution < 1.29 is 0 Å². The monoisotopic (exact) mass is 710 g/mol. The Bertz CT molecular complexity index is 2900. The summed E-state index contributed by atoms with van der Waals surface area (Å²) in [6.07, 6.45) is 0. The molecular weight excluding hydrogens is 673 g/mol. The average Bonchev–Trinajstić information content (AvgIpc) is 3.78. The topological polar surface area (TPSA) is 0 Å². The van der Waals surface area contributed by atoms with Crippen molar-refractivity contribution in [3.63, 3.8) is 0 Å². The van der Waals surface area contributed by atoms with E-state index in [4.69, 9.17) is 0 Å². The van der Waals surface area contributed by atoms with Crippen molar-refractivity contribution in [2.75, 3.05) is 0 Å². The van der Waals surface area contributed by atoms with E-state index in [1.807, 2.05) is 0 Å². The molecule has 0 saturated heterocycles. The fourth-order valence-electron chi connectivity index (χ4n) is 9.43. The second-order valence-electron chi connectivity index (χ2n) is 15.2. The predicted octanol–water partition coefficient (Wildman–Crippen LogP) is 14.7. The van der Waals surface area contributed by atoms with Crippen LogP contribution in [0.5, 0.6) is 0 Å². The van der Waals surface area contributed by atoms with Crippen LogP contribution in [0.1, 0.15) is 45.2 Å². The van der Waals surface area contributed by atoms with E-state index in [1.54, 1.807) is 0 Å². The first-order valence-corrected chi connectivity index (χ1v) is 19.6. The van der Waals surface area contributed by atoms with Crippen LogP contribution in [0.2, 0.25) is 0 Å². The second kappa shape index (κ2) is 13.4. The summed E-state index contributed by atoms with van der Waals surface area (Å²) in [5.41, 5.74) is 23.4. The number of hydrogen-bond acceptors (Lipinski definition) is 0. The molecular formula is C56H38. The van der Waals surface area contributed by atoms with Gasteiger partial charge in [-0.05, 0) is 130 Å². The molecule has 0 N–H and O–H groups in total. The molecule has 9 aromatic carbocycles.